The molecule has 0 aliphatic carbocycles. The van der Waals surface area contributed by atoms with Crippen LogP contribution in [0, 0.1) is 13.8 Å². The third kappa shape index (κ3) is 2.56. The second-order valence-corrected chi connectivity index (χ2v) is 3.44. The van der Waals surface area contributed by atoms with Crippen LogP contribution in [-0.2, 0) is 0 Å². The van der Waals surface area contributed by atoms with Crippen LogP contribution in [0.2, 0.25) is 0 Å². The minimum absolute atomic E-state index is 0.155. The summed E-state index contributed by atoms with van der Waals surface area (Å²) in [5, 5.41) is 4.16. The fraction of sp³-hybridized carbons (Fsp3) is 0.333. The van der Waals surface area contributed by atoms with Crippen LogP contribution in [0.1, 0.15) is 24.0 Å². The summed E-state index contributed by atoms with van der Waals surface area (Å²) in [6, 6.07) is 1.93. The molecule has 3 N–H and O–H groups in total. The van der Waals surface area contributed by atoms with Crippen LogP contribution >= 0.6 is 12.2 Å². The Labute approximate surface area is 88.2 Å². The van der Waals surface area contributed by atoms with Crippen molar-refractivity contribution in [2.24, 2.45) is 10.8 Å². The van der Waals surface area contributed by atoms with E-state index in [1.54, 1.807) is 0 Å². The molecule has 76 valence electrons. The molecule has 0 radical (unpaired) electrons. The lowest BCUT2D eigenvalue weighted by molar-refractivity contribution is 0.504. The molecule has 0 aliphatic rings. The maximum Gasteiger partial charge on any atom is 0.184 e. The van der Waals surface area contributed by atoms with E-state index in [0.717, 1.165) is 22.8 Å². The predicted octanol–water partition coefficient (Wildman–Crippen LogP) is 1.45. The molecule has 0 spiro atoms. The maximum absolute atomic E-state index is 5.37. The van der Waals surface area contributed by atoms with Gasteiger partial charge in [0.05, 0.1) is 5.71 Å². The Morgan fingerprint density at radius 3 is 2.64 bits per heavy atom. The van der Waals surface area contributed by atoms with Crippen LogP contribution in [-0.4, -0.2) is 10.8 Å². The Balaban J connectivity index is 2.88. The fourth-order valence-electron chi connectivity index (χ4n) is 1.19. The number of nitrogens with two attached hydrogens (primary N) is 1. The quantitative estimate of drug-likeness (QED) is 0.441. The summed E-state index contributed by atoms with van der Waals surface area (Å²) in [6.45, 7) is 5.65. The van der Waals surface area contributed by atoms with Crippen LogP contribution in [0.25, 0.3) is 0 Å². The van der Waals surface area contributed by atoms with Crippen molar-refractivity contribution in [1.82, 2.24) is 5.43 Å². The van der Waals surface area contributed by atoms with Gasteiger partial charge in [0.1, 0.15) is 11.5 Å². The van der Waals surface area contributed by atoms with Gasteiger partial charge in [0.25, 0.3) is 0 Å². The number of aryl methyl sites for hydroxylation is 2. The zero-order chi connectivity index (χ0) is 10.7. The molecular formula is C9H13N3OS. The zero-order valence-corrected chi connectivity index (χ0v) is 9.23. The summed E-state index contributed by atoms with van der Waals surface area (Å²) in [6.07, 6.45) is 0. The van der Waals surface area contributed by atoms with E-state index in [9.17, 15) is 0 Å². The molecule has 14 heavy (non-hydrogen) atoms. The molecule has 0 unspecified atom stereocenters. The van der Waals surface area contributed by atoms with Gasteiger partial charge in [-0.05, 0) is 39.1 Å². The van der Waals surface area contributed by atoms with Crippen molar-refractivity contribution in [2.45, 2.75) is 20.8 Å². The Morgan fingerprint density at radius 1 is 1.57 bits per heavy atom. The summed E-state index contributed by atoms with van der Waals surface area (Å²) in [7, 11) is 0. The zero-order valence-electron chi connectivity index (χ0n) is 8.42. The first-order chi connectivity index (χ1) is 6.50. The Kier molecular flexibility index (Phi) is 3.24. The van der Waals surface area contributed by atoms with Crippen LogP contribution in [0.5, 0.6) is 0 Å². The molecular weight excluding hydrogens is 198 g/mol. The molecule has 0 fully saturated rings. The first kappa shape index (κ1) is 10.7. The van der Waals surface area contributed by atoms with E-state index >= 15 is 0 Å². The molecule has 1 aromatic rings. The molecule has 4 nitrogen and oxygen atoms in total. The summed E-state index contributed by atoms with van der Waals surface area (Å²) in [5.41, 5.74) is 9.55. The lowest BCUT2D eigenvalue weighted by Crippen LogP contribution is -2.25. The predicted molar refractivity (Wildman–Crippen MR) is 60.3 cm³/mol. The molecule has 1 rings (SSSR count). The van der Waals surface area contributed by atoms with E-state index in [0.29, 0.717) is 0 Å². The van der Waals surface area contributed by atoms with E-state index < -0.39 is 0 Å². The summed E-state index contributed by atoms with van der Waals surface area (Å²) in [5.74, 6) is 1.70. The summed E-state index contributed by atoms with van der Waals surface area (Å²) >= 11 is 4.64. The van der Waals surface area contributed by atoms with E-state index in [-0.39, 0.29) is 5.11 Å². The first-order valence-corrected chi connectivity index (χ1v) is 4.58. The minimum atomic E-state index is 0.155. The minimum Gasteiger partial charge on any atom is -0.466 e. The highest BCUT2D eigenvalue weighted by atomic mass is 32.1. The molecule has 0 atom stereocenters. The Bertz CT molecular complexity index is 381. The lowest BCUT2D eigenvalue weighted by atomic mass is 10.2. The van der Waals surface area contributed by atoms with E-state index in [4.69, 9.17) is 10.2 Å². The standard InChI is InChI=1S/C9H13N3OS/c1-5-4-8(7(3)13-5)6(2)11-12-9(10)14/h4H,1-3H3,(H3,10,12,14). The van der Waals surface area contributed by atoms with Gasteiger partial charge >= 0.3 is 0 Å². The average Bonchev–Trinajstić information content (AvgIpc) is 2.41. The van der Waals surface area contributed by atoms with Gasteiger partial charge in [0.15, 0.2) is 5.11 Å². The van der Waals surface area contributed by atoms with Gasteiger partial charge in [-0.2, -0.15) is 5.10 Å². The number of thiocarbonyl (C=S) groups is 1. The number of hydrazone groups is 1. The second-order valence-electron chi connectivity index (χ2n) is 3.00. The molecule has 0 bridgehead atoms. The molecule has 1 aromatic heterocycles. The Morgan fingerprint density at radius 2 is 2.21 bits per heavy atom. The highest BCUT2D eigenvalue weighted by Crippen LogP contribution is 2.14. The van der Waals surface area contributed by atoms with Gasteiger partial charge in [-0.15, -0.1) is 0 Å². The smallest absolute Gasteiger partial charge is 0.184 e. The number of rotatable bonds is 2. The van der Waals surface area contributed by atoms with Crippen molar-refractivity contribution < 1.29 is 4.42 Å². The summed E-state index contributed by atoms with van der Waals surface area (Å²) in [4.78, 5) is 0. The SMILES string of the molecule is CC(=NNC(N)=S)c1cc(C)oc1C. The molecule has 0 aromatic carbocycles. The third-order valence-electron chi connectivity index (χ3n) is 1.76. The van der Waals surface area contributed by atoms with Gasteiger partial charge in [-0.3, -0.25) is 5.43 Å². The highest BCUT2D eigenvalue weighted by Gasteiger charge is 2.07. The van der Waals surface area contributed by atoms with Crippen LogP contribution in [0.3, 0.4) is 0 Å². The molecule has 1 heterocycles. The van der Waals surface area contributed by atoms with Crippen molar-refractivity contribution in [3.8, 4) is 0 Å². The van der Waals surface area contributed by atoms with Gasteiger partial charge in [0, 0.05) is 5.56 Å². The fourth-order valence-corrected chi connectivity index (χ4v) is 1.23. The normalized spacial score (nSPS) is 11.5. The van der Waals surface area contributed by atoms with Crippen molar-refractivity contribution >= 4 is 23.0 Å². The molecule has 5 heteroatoms. The lowest BCUT2D eigenvalue weighted by Gasteiger charge is -1.99. The van der Waals surface area contributed by atoms with Crippen molar-refractivity contribution in [3.05, 3.63) is 23.2 Å². The third-order valence-corrected chi connectivity index (χ3v) is 1.86. The Hall–Kier alpha value is -1.36. The number of furan rings is 1. The molecule has 0 saturated carbocycles. The second kappa shape index (κ2) is 4.23. The van der Waals surface area contributed by atoms with Crippen molar-refractivity contribution in [1.29, 1.82) is 0 Å². The van der Waals surface area contributed by atoms with Gasteiger partial charge in [-0.1, -0.05) is 0 Å². The molecule has 0 saturated heterocycles. The van der Waals surface area contributed by atoms with Gasteiger partial charge in [-0.25, -0.2) is 0 Å². The van der Waals surface area contributed by atoms with Crippen LogP contribution in [0.4, 0.5) is 0 Å². The van der Waals surface area contributed by atoms with Gasteiger partial charge in [0.2, 0.25) is 0 Å². The monoisotopic (exact) mass is 211 g/mol. The molecule has 0 aliphatic heterocycles. The topological polar surface area (TPSA) is 63.5 Å². The number of hydrogen-bond donors (Lipinski definition) is 2. The highest BCUT2D eigenvalue weighted by molar-refractivity contribution is 7.80. The first-order valence-electron chi connectivity index (χ1n) is 4.18. The maximum atomic E-state index is 5.37. The average molecular weight is 211 g/mol. The number of nitrogens with zero attached hydrogens (tertiary/aromatic N) is 1. The summed E-state index contributed by atoms with van der Waals surface area (Å²) < 4.78 is 5.37. The number of hydrogen-bond acceptors (Lipinski definition) is 3. The van der Waals surface area contributed by atoms with Gasteiger partial charge < -0.3 is 10.2 Å². The molecule has 0 amide bonds. The van der Waals surface area contributed by atoms with E-state index in [2.05, 4.69) is 22.7 Å². The van der Waals surface area contributed by atoms with Crippen molar-refractivity contribution in [2.75, 3.05) is 0 Å². The number of nitrogens with one attached hydrogen (secondary N) is 1. The van der Waals surface area contributed by atoms with Crippen molar-refractivity contribution in [3.63, 3.8) is 0 Å². The van der Waals surface area contributed by atoms with E-state index in [1.165, 1.54) is 0 Å². The van der Waals surface area contributed by atoms with E-state index in [1.807, 2.05) is 26.8 Å². The van der Waals surface area contributed by atoms with Crippen LogP contribution in [0.15, 0.2) is 15.6 Å². The van der Waals surface area contributed by atoms with Crippen LogP contribution < -0.4 is 11.2 Å². The largest absolute Gasteiger partial charge is 0.466 e.